The molecular formula is C15H20N4S. The van der Waals surface area contributed by atoms with Crippen LogP contribution < -0.4 is 5.73 Å². The van der Waals surface area contributed by atoms with Gasteiger partial charge in [-0.15, -0.1) is 11.3 Å². The summed E-state index contributed by atoms with van der Waals surface area (Å²) in [5.41, 5.74) is 7.59. The van der Waals surface area contributed by atoms with Crippen molar-refractivity contribution >= 4 is 21.6 Å². The summed E-state index contributed by atoms with van der Waals surface area (Å²) in [5.74, 6) is 0. The molecular weight excluding hydrogens is 268 g/mol. The minimum Gasteiger partial charge on any atom is -0.326 e. The summed E-state index contributed by atoms with van der Waals surface area (Å²) in [4.78, 5) is 9.83. The number of para-hydroxylation sites is 1. The van der Waals surface area contributed by atoms with Gasteiger partial charge in [0.1, 0.15) is 0 Å². The monoisotopic (exact) mass is 288 g/mol. The fourth-order valence-corrected chi connectivity index (χ4v) is 4.45. The minimum atomic E-state index is 0.193. The standard InChI is InChI=1S/C15H20N4S/c16-11(13-10-18-5-7-19(13)8-6-18)9-15-17-12-3-1-2-4-14(12)20-15/h1-4,11,13H,5-10,16H2. The maximum Gasteiger partial charge on any atom is 0.0954 e. The molecule has 2 N–H and O–H groups in total. The molecule has 1 aromatic heterocycles. The first-order chi connectivity index (χ1) is 9.79. The zero-order chi connectivity index (χ0) is 13.5. The Morgan fingerprint density at radius 1 is 1.25 bits per heavy atom. The number of thiazole rings is 1. The van der Waals surface area contributed by atoms with Crippen LogP contribution in [0.1, 0.15) is 5.01 Å². The Labute approximate surface area is 123 Å². The van der Waals surface area contributed by atoms with E-state index in [1.54, 1.807) is 11.3 Å². The van der Waals surface area contributed by atoms with Crippen molar-refractivity contribution in [2.24, 2.45) is 5.73 Å². The molecule has 3 fully saturated rings. The van der Waals surface area contributed by atoms with Crippen molar-refractivity contribution in [2.75, 3.05) is 32.7 Å². The van der Waals surface area contributed by atoms with Crippen LogP contribution in [-0.2, 0) is 6.42 Å². The van der Waals surface area contributed by atoms with Crippen molar-refractivity contribution < 1.29 is 0 Å². The molecule has 3 saturated heterocycles. The molecule has 106 valence electrons. The Hall–Kier alpha value is -1.01. The van der Waals surface area contributed by atoms with E-state index < -0.39 is 0 Å². The van der Waals surface area contributed by atoms with Crippen LogP contribution in [-0.4, -0.2) is 59.6 Å². The Balaban J connectivity index is 1.50. The van der Waals surface area contributed by atoms with Gasteiger partial charge in [-0.25, -0.2) is 4.98 Å². The number of benzene rings is 1. The fraction of sp³-hybridized carbons (Fsp3) is 0.533. The van der Waals surface area contributed by atoms with Gasteiger partial charge >= 0.3 is 0 Å². The molecule has 0 aliphatic carbocycles. The average Bonchev–Trinajstić information content (AvgIpc) is 2.90. The van der Waals surface area contributed by atoms with E-state index in [0.29, 0.717) is 6.04 Å². The molecule has 0 amide bonds. The number of piperazine rings is 3. The van der Waals surface area contributed by atoms with E-state index in [1.807, 2.05) is 6.07 Å². The number of hydrogen-bond acceptors (Lipinski definition) is 5. The molecule has 0 saturated carbocycles. The highest BCUT2D eigenvalue weighted by Crippen LogP contribution is 2.24. The van der Waals surface area contributed by atoms with Crippen molar-refractivity contribution in [2.45, 2.75) is 18.5 Å². The van der Waals surface area contributed by atoms with Crippen molar-refractivity contribution in [1.29, 1.82) is 0 Å². The SMILES string of the molecule is NC(Cc1nc2ccccc2s1)C1CN2CCN1CC2. The third-order valence-corrected chi connectivity index (χ3v) is 5.62. The maximum atomic E-state index is 6.49. The highest BCUT2D eigenvalue weighted by atomic mass is 32.1. The van der Waals surface area contributed by atoms with Crippen LogP contribution >= 0.6 is 11.3 Å². The van der Waals surface area contributed by atoms with Gasteiger partial charge in [0.25, 0.3) is 0 Å². The third kappa shape index (κ3) is 2.24. The van der Waals surface area contributed by atoms with Gasteiger partial charge in [0.05, 0.1) is 15.2 Å². The van der Waals surface area contributed by atoms with Crippen molar-refractivity contribution in [1.82, 2.24) is 14.8 Å². The zero-order valence-corrected chi connectivity index (χ0v) is 12.4. The van der Waals surface area contributed by atoms with Gasteiger partial charge in [-0.1, -0.05) is 12.1 Å². The smallest absolute Gasteiger partial charge is 0.0954 e. The highest BCUT2D eigenvalue weighted by Gasteiger charge is 2.35. The summed E-state index contributed by atoms with van der Waals surface area (Å²) >= 11 is 1.79. The molecule has 2 bridgehead atoms. The fourth-order valence-electron chi connectivity index (χ4n) is 3.41. The van der Waals surface area contributed by atoms with Crippen LogP contribution in [0.4, 0.5) is 0 Å². The molecule has 2 aromatic rings. The number of rotatable bonds is 3. The molecule has 2 atom stereocenters. The Kier molecular flexibility index (Phi) is 3.22. The highest BCUT2D eigenvalue weighted by molar-refractivity contribution is 7.18. The molecule has 4 heterocycles. The topological polar surface area (TPSA) is 45.4 Å². The van der Waals surface area contributed by atoms with Crippen molar-refractivity contribution in [3.05, 3.63) is 29.3 Å². The number of hydrogen-bond donors (Lipinski definition) is 1. The lowest BCUT2D eigenvalue weighted by Gasteiger charge is -2.49. The quantitative estimate of drug-likeness (QED) is 0.921. The van der Waals surface area contributed by atoms with E-state index in [1.165, 1.54) is 35.9 Å². The number of aromatic nitrogens is 1. The third-order valence-electron chi connectivity index (χ3n) is 4.56. The van der Waals surface area contributed by atoms with Crippen LogP contribution in [0.2, 0.25) is 0 Å². The number of nitrogens with two attached hydrogens (primary N) is 1. The minimum absolute atomic E-state index is 0.193. The Morgan fingerprint density at radius 3 is 2.75 bits per heavy atom. The molecule has 3 aliphatic heterocycles. The largest absolute Gasteiger partial charge is 0.326 e. The second-order valence-corrected chi connectivity index (χ2v) is 6.96. The second kappa shape index (κ2) is 5.07. The first kappa shape index (κ1) is 12.7. The van der Waals surface area contributed by atoms with Gasteiger partial charge in [-0.3, -0.25) is 9.80 Å². The molecule has 0 radical (unpaired) electrons. The van der Waals surface area contributed by atoms with E-state index in [4.69, 9.17) is 10.7 Å². The van der Waals surface area contributed by atoms with E-state index >= 15 is 0 Å². The molecule has 2 unspecified atom stereocenters. The first-order valence-electron chi connectivity index (χ1n) is 7.36. The molecule has 5 heteroatoms. The van der Waals surface area contributed by atoms with Crippen molar-refractivity contribution in [3.63, 3.8) is 0 Å². The second-order valence-electron chi connectivity index (χ2n) is 5.85. The van der Waals surface area contributed by atoms with Crippen LogP contribution in [0.15, 0.2) is 24.3 Å². The molecule has 1 aromatic carbocycles. The Bertz CT molecular complexity index is 570. The van der Waals surface area contributed by atoms with Gasteiger partial charge in [0.2, 0.25) is 0 Å². The summed E-state index contributed by atoms with van der Waals surface area (Å²) < 4.78 is 1.27. The lowest BCUT2D eigenvalue weighted by Crippen LogP contribution is -2.66. The summed E-state index contributed by atoms with van der Waals surface area (Å²) in [7, 11) is 0. The predicted molar refractivity (Wildman–Crippen MR) is 83.1 cm³/mol. The summed E-state index contributed by atoms with van der Waals surface area (Å²) in [6.07, 6.45) is 0.897. The van der Waals surface area contributed by atoms with Gasteiger partial charge in [-0.05, 0) is 12.1 Å². The van der Waals surface area contributed by atoms with Gasteiger partial charge in [-0.2, -0.15) is 0 Å². The van der Waals surface area contributed by atoms with Crippen LogP contribution in [0, 0.1) is 0 Å². The lowest BCUT2D eigenvalue weighted by atomic mass is 9.99. The normalized spacial score (nSPS) is 30.8. The zero-order valence-electron chi connectivity index (χ0n) is 11.5. The number of nitrogens with zero attached hydrogens (tertiary/aromatic N) is 3. The first-order valence-corrected chi connectivity index (χ1v) is 8.18. The van der Waals surface area contributed by atoms with Gasteiger partial charge in [0, 0.05) is 51.2 Å². The number of fused-ring (bicyclic) bond motifs is 4. The summed E-state index contributed by atoms with van der Waals surface area (Å²) in [6, 6.07) is 9.04. The van der Waals surface area contributed by atoms with Crippen LogP contribution in [0.5, 0.6) is 0 Å². The van der Waals surface area contributed by atoms with Crippen LogP contribution in [0.25, 0.3) is 10.2 Å². The molecule has 0 spiro atoms. The molecule has 4 nitrogen and oxygen atoms in total. The van der Waals surface area contributed by atoms with Crippen LogP contribution in [0.3, 0.4) is 0 Å². The average molecular weight is 288 g/mol. The molecule has 3 aliphatic rings. The van der Waals surface area contributed by atoms with E-state index in [2.05, 4.69) is 28.0 Å². The Morgan fingerprint density at radius 2 is 2.05 bits per heavy atom. The molecule has 5 rings (SSSR count). The predicted octanol–water partition coefficient (Wildman–Crippen LogP) is 1.17. The summed E-state index contributed by atoms with van der Waals surface area (Å²) in [5, 5.41) is 1.18. The molecule has 20 heavy (non-hydrogen) atoms. The van der Waals surface area contributed by atoms with E-state index in [9.17, 15) is 0 Å². The maximum absolute atomic E-state index is 6.49. The van der Waals surface area contributed by atoms with E-state index in [0.717, 1.165) is 18.5 Å². The lowest BCUT2D eigenvalue weighted by molar-refractivity contribution is 0.00258. The van der Waals surface area contributed by atoms with Crippen molar-refractivity contribution in [3.8, 4) is 0 Å². The van der Waals surface area contributed by atoms with Gasteiger partial charge < -0.3 is 5.73 Å². The van der Waals surface area contributed by atoms with E-state index in [-0.39, 0.29) is 6.04 Å². The summed E-state index contributed by atoms with van der Waals surface area (Å²) in [6.45, 7) is 5.91. The van der Waals surface area contributed by atoms with Gasteiger partial charge in [0.15, 0.2) is 0 Å².